The number of hydrogen-bond donors (Lipinski definition) is 1. The van der Waals surface area contributed by atoms with Gasteiger partial charge in [-0.2, -0.15) is 0 Å². The van der Waals surface area contributed by atoms with Crippen molar-refractivity contribution in [2.75, 3.05) is 13.1 Å². The Morgan fingerprint density at radius 2 is 1.36 bits per heavy atom. The summed E-state index contributed by atoms with van der Waals surface area (Å²) in [4.78, 5) is 28.0. The van der Waals surface area contributed by atoms with Crippen LogP contribution in [0.3, 0.4) is 0 Å². The van der Waals surface area contributed by atoms with Crippen LogP contribution in [0.25, 0.3) is 0 Å². The lowest BCUT2D eigenvalue weighted by atomic mass is 9.97. The van der Waals surface area contributed by atoms with E-state index in [2.05, 4.69) is 4.72 Å². The molecule has 0 atom stereocenters. The molecule has 3 aromatic carbocycles. The summed E-state index contributed by atoms with van der Waals surface area (Å²) in [5.74, 6) is -0.670. The summed E-state index contributed by atoms with van der Waals surface area (Å²) in [7, 11) is -3.55. The molecule has 172 valence electrons. The first-order valence-electron chi connectivity index (χ1n) is 10.8. The van der Waals surface area contributed by atoms with Gasteiger partial charge in [-0.1, -0.05) is 78.9 Å². The number of benzene rings is 3. The van der Waals surface area contributed by atoms with E-state index < -0.39 is 10.0 Å². The fraction of sp³-hybridized carbons (Fsp3) is 0.231. The van der Waals surface area contributed by atoms with E-state index in [1.165, 1.54) is 0 Å². The zero-order chi connectivity index (χ0) is 23.8. The monoisotopic (exact) mass is 464 g/mol. The van der Waals surface area contributed by atoms with Gasteiger partial charge in [0.15, 0.2) is 5.78 Å². The Hall–Kier alpha value is -3.29. The van der Waals surface area contributed by atoms with Gasteiger partial charge in [0.05, 0.1) is 11.3 Å². The van der Waals surface area contributed by atoms with Crippen LogP contribution in [0.5, 0.6) is 0 Å². The van der Waals surface area contributed by atoms with Crippen molar-refractivity contribution in [3.8, 4) is 0 Å². The highest BCUT2D eigenvalue weighted by Gasteiger charge is 2.24. The predicted molar refractivity (Wildman–Crippen MR) is 130 cm³/mol. The van der Waals surface area contributed by atoms with Gasteiger partial charge in [0.25, 0.3) is 5.91 Å². The first-order valence-corrected chi connectivity index (χ1v) is 12.4. The van der Waals surface area contributed by atoms with Crippen molar-refractivity contribution >= 4 is 21.7 Å². The van der Waals surface area contributed by atoms with Crippen molar-refractivity contribution in [3.05, 3.63) is 107 Å². The molecule has 1 N–H and O–H groups in total. The van der Waals surface area contributed by atoms with Crippen LogP contribution in [0.2, 0.25) is 0 Å². The lowest BCUT2D eigenvalue weighted by Crippen LogP contribution is -2.43. The minimum atomic E-state index is -3.55. The average molecular weight is 465 g/mol. The molecule has 0 unspecified atom stereocenters. The lowest BCUT2D eigenvalue weighted by molar-refractivity contribution is 0.0706. The third kappa shape index (κ3) is 6.60. The maximum absolute atomic E-state index is 13.4. The molecule has 0 aliphatic rings. The predicted octanol–water partition coefficient (Wildman–Crippen LogP) is 3.89. The second kappa shape index (κ2) is 11.0. The van der Waals surface area contributed by atoms with Crippen molar-refractivity contribution in [1.82, 2.24) is 9.62 Å². The highest BCUT2D eigenvalue weighted by molar-refractivity contribution is 7.88. The number of sulfonamides is 1. The van der Waals surface area contributed by atoms with Crippen LogP contribution in [0, 0.1) is 0 Å². The molecule has 1 amide bonds. The Morgan fingerprint density at radius 3 is 1.97 bits per heavy atom. The van der Waals surface area contributed by atoms with Gasteiger partial charge in [-0.25, -0.2) is 13.1 Å². The molecule has 0 spiro atoms. The molecule has 7 heteroatoms. The Kier molecular flexibility index (Phi) is 8.14. The standard InChI is InChI=1S/C26H28N2O4S/c1-20(2)28(18-17-27-33(31,32)19-21-11-5-3-6-12-21)26(30)24-16-10-9-15-23(24)25(29)22-13-7-4-8-14-22/h3-16,20,27H,17-19H2,1-2H3. The summed E-state index contributed by atoms with van der Waals surface area (Å²) in [5.41, 5.74) is 1.81. The van der Waals surface area contributed by atoms with Crippen LogP contribution in [0.15, 0.2) is 84.9 Å². The SMILES string of the molecule is CC(C)N(CCNS(=O)(=O)Cc1ccccc1)C(=O)c1ccccc1C(=O)c1ccccc1. The highest BCUT2D eigenvalue weighted by Crippen LogP contribution is 2.18. The molecule has 3 rings (SSSR count). The summed E-state index contributed by atoms with van der Waals surface area (Å²) in [6.45, 7) is 3.97. The molecule has 3 aromatic rings. The van der Waals surface area contributed by atoms with Gasteiger partial charge in [-0.05, 0) is 25.5 Å². The van der Waals surface area contributed by atoms with Crippen LogP contribution < -0.4 is 4.72 Å². The van der Waals surface area contributed by atoms with Crippen molar-refractivity contribution in [1.29, 1.82) is 0 Å². The van der Waals surface area contributed by atoms with Crippen molar-refractivity contribution in [2.45, 2.75) is 25.6 Å². The largest absolute Gasteiger partial charge is 0.335 e. The average Bonchev–Trinajstić information content (AvgIpc) is 2.81. The first-order chi connectivity index (χ1) is 15.8. The molecule has 0 aliphatic heterocycles. The topological polar surface area (TPSA) is 83.6 Å². The second-order valence-electron chi connectivity index (χ2n) is 7.97. The zero-order valence-electron chi connectivity index (χ0n) is 18.8. The Bertz CT molecular complexity index is 1190. The van der Waals surface area contributed by atoms with E-state index in [-0.39, 0.29) is 36.6 Å². The van der Waals surface area contributed by atoms with E-state index in [9.17, 15) is 18.0 Å². The molecular weight excluding hydrogens is 436 g/mol. The van der Waals surface area contributed by atoms with Gasteiger partial charge in [0, 0.05) is 30.3 Å². The highest BCUT2D eigenvalue weighted by atomic mass is 32.2. The second-order valence-corrected chi connectivity index (χ2v) is 9.78. The van der Waals surface area contributed by atoms with Crippen molar-refractivity contribution in [2.24, 2.45) is 0 Å². The van der Waals surface area contributed by atoms with Gasteiger partial charge < -0.3 is 4.90 Å². The van der Waals surface area contributed by atoms with E-state index in [4.69, 9.17) is 0 Å². The number of nitrogens with one attached hydrogen (secondary N) is 1. The van der Waals surface area contributed by atoms with E-state index in [1.807, 2.05) is 26.0 Å². The molecule has 0 aromatic heterocycles. The summed E-state index contributed by atoms with van der Waals surface area (Å²) in [5, 5.41) is 0. The number of ketones is 1. The van der Waals surface area contributed by atoms with Gasteiger partial charge in [-0.15, -0.1) is 0 Å². The summed E-state index contributed by atoms with van der Waals surface area (Å²) in [6, 6.07) is 24.3. The molecule has 0 saturated carbocycles. The van der Waals surface area contributed by atoms with E-state index in [1.54, 1.807) is 77.7 Å². The molecule has 6 nitrogen and oxygen atoms in total. The Labute approximate surface area is 195 Å². The van der Waals surface area contributed by atoms with Crippen LogP contribution in [-0.4, -0.2) is 44.1 Å². The van der Waals surface area contributed by atoms with Crippen LogP contribution in [-0.2, 0) is 15.8 Å². The summed E-state index contributed by atoms with van der Waals surface area (Å²) >= 11 is 0. The molecule has 0 saturated heterocycles. The molecule has 0 heterocycles. The summed E-state index contributed by atoms with van der Waals surface area (Å²) in [6.07, 6.45) is 0. The molecule has 0 aliphatic carbocycles. The lowest BCUT2D eigenvalue weighted by Gasteiger charge is -2.27. The van der Waals surface area contributed by atoms with Crippen molar-refractivity contribution in [3.63, 3.8) is 0 Å². The Morgan fingerprint density at radius 1 is 0.818 bits per heavy atom. The van der Waals surface area contributed by atoms with Gasteiger partial charge >= 0.3 is 0 Å². The first kappa shape index (κ1) is 24.4. The number of nitrogens with zero attached hydrogens (tertiary/aromatic N) is 1. The third-order valence-corrected chi connectivity index (χ3v) is 6.55. The maximum atomic E-state index is 13.4. The fourth-order valence-electron chi connectivity index (χ4n) is 3.53. The number of hydrogen-bond acceptors (Lipinski definition) is 4. The third-order valence-electron chi connectivity index (χ3n) is 5.20. The zero-order valence-corrected chi connectivity index (χ0v) is 19.6. The smallest absolute Gasteiger partial charge is 0.254 e. The minimum absolute atomic E-state index is 0.0773. The van der Waals surface area contributed by atoms with Crippen LogP contribution >= 0.6 is 0 Å². The molecule has 33 heavy (non-hydrogen) atoms. The fourth-order valence-corrected chi connectivity index (χ4v) is 4.66. The maximum Gasteiger partial charge on any atom is 0.254 e. The summed E-state index contributed by atoms with van der Waals surface area (Å²) < 4.78 is 27.4. The van der Waals surface area contributed by atoms with E-state index in [0.29, 0.717) is 22.3 Å². The van der Waals surface area contributed by atoms with Gasteiger partial charge in [-0.3, -0.25) is 9.59 Å². The number of carbonyl (C=O) groups is 2. The van der Waals surface area contributed by atoms with E-state index >= 15 is 0 Å². The molecule has 0 fully saturated rings. The number of rotatable bonds is 10. The minimum Gasteiger partial charge on any atom is -0.335 e. The van der Waals surface area contributed by atoms with Gasteiger partial charge in [0.1, 0.15) is 0 Å². The van der Waals surface area contributed by atoms with Crippen LogP contribution in [0.4, 0.5) is 0 Å². The Balaban J connectivity index is 1.73. The van der Waals surface area contributed by atoms with E-state index in [0.717, 1.165) is 0 Å². The molecule has 0 bridgehead atoms. The normalized spacial score (nSPS) is 11.4. The quantitative estimate of drug-likeness (QED) is 0.462. The van der Waals surface area contributed by atoms with Crippen LogP contribution in [0.1, 0.15) is 45.7 Å². The van der Waals surface area contributed by atoms with Crippen molar-refractivity contribution < 1.29 is 18.0 Å². The number of amides is 1. The molecule has 0 radical (unpaired) electrons. The van der Waals surface area contributed by atoms with Gasteiger partial charge in [0.2, 0.25) is 10.0 Å². The number of carbonyl (C=O) groups excluding carboxylic acids is 2. The molecular formula is C26H28N2O4S.